The van der Waals surface area contributed by atoms with Crippen molar-refractivity contribution in [1.29, 1.82) is 0 Å². The van der Waals surface area contributed by atoms with E-state index in [2.05, 4.69) is 37.8 Å². The first kappa shape index (κ1) is 26.5. The zero-order valence-corrected chi connectivity index (χ0v) is 22.1. The van der Waals surface area contributed by atoms with Crippen LogP contribution in [0.2, 0.25) is 0 Å². The third-order valence-electron chi connectivity index (χ3n) is 7.24. The van der Waals surface area contributed by atoms with E-state index in [1.54, 1.807) is 29.1 Å². The van der Waals surface area contributed by atoms with Gasteiger partial charge in [-0.25, -0.2) is 4.98 Å². The van der Waals surface area contributed by atoms with E-state index >= 15 is 4.39 Å². The fourth-order valence-electron chi connectivity index (χ4n) is 5.13. The van der Waals surface area contributed by atoms with Gasteiger partial charge in [0.25, 0.3) is 5.91 Å². The van der Waals surface area contributed by atoms with Gasteiger partial charge in [0.2, 0.25) is 11.9 Å². The molecule has 9 nitrogen and oxygen atoms in total. The van der Waals surface area contributed by atoms with Gasteiger partial charge in [0.05, 0.1) is 5.69 Å². The van der Waals surface area contributed by atoms with Crippen LogP contribution < -0.4 is 10.6 Å². The van der Waals surface area contributed by atoms with Gasteiger partial charge >= 0.3 is 0 Å². The number of nitrogens with zero attached hydrogens (tertiary/aromatic N) is 4. The first-order valence-electron chi connectivity index (χ1n) is 13.1. The number of nitrogens with one attached hydrogen (secondary N) is 3. The van der Waals surface area contributed by atoms with E-state index in [1.165, 1.54) is 0 Å². The molecule has 1 aliphatic carbocycles. The number of H-pyrrole nitrogens is 1. The molecule has 1 atom stereocenters. The van der Waals surface area contributed by atoms with E-state index in [0.29, 0.717) is 34.9 Å². The number of hydrogen-bond donors (Lipinski definition) is 3. The number of carbonyl (C=O) groups is 2. The molecule has 0 aliphatic heterocycles. The maximum atomic E-state index is 15.1. The van der Waals surface area contributed by atoms with E-state index < -0.39 is 17.9 Å². The summed E-state index contributed by atoms with van der Waals surface area (Å²) < 4.78 is 16.7. The lowest BCUT2D eigenvalue weighted by atomic mass is 9.79. The van der Waals surface area contributed by atoms with Gasteiger partial charge in [0, 0.05) is 29.1 Å². The number of aromatic nitrogens is 5. The second-order valence-electron chi connectivity index (χ2n) is 10.3. The average molecular weight is 510 g/mol. The number of hydrogen-bond acceptors (Lipinski definition) is 5. The van der Waals surface area contributed by atoms with Crippen molar-refractivity contribution in [2.75, 3.05) is 5.32 Å². The fraction of sp³-hybridized carbons (Fsp3) is 0.519. The highest BCUT2D eigenvalue weighted by Gasteiger charge is 2.33. The molecule has 198 valence electrons. The number of anilines is 1. The molecule has 3 aromatic rings. The fourth-order valence-corrected chi connectivity index (χ4v) is 5.13. The quantitative estimate of drug-likeness (QED) is 0.376. The predicted molar refractivity (Wildman–Crippen MR) is 140 cm³/mol. The molecule has 3 heterocycles. The second kappa shape index (κ2) is 11.2. The summed E-state index contributed by atoms with van der Waals surface area (Å²) >= 11 is 0. The highest BCUT2D eigenvalue weighted by molar-refractivity contribution is 6.00. The Balaban J connectivity index is 1.56. The summed E-state index contributed by atoms with van der Waals surface area (Å²) in [6.07, 6.45) is 5.86. The molecular formula is C27H36FN7O2. The van der Waals surface area contributed by atoms with Gasteiger partial charge < -0.3 is 10.6 Å². The lowest BCUT2D eigenvalue weighted by Gasteiger charge is -2.32. The maximum absolute atomic E-state index is 15.1. The smallest absolute Gasteiger partial charge is 0.270 e. The first-order valence-corrected chi connectivity index (χ1v) is 13.1. The van der Waals surface area contributed by atoms with Crippen molar-refractivity contribution in [2.45, 2.75) is 78.8 Å². The SMILES string of the molecule is CCc1[nH]nc(C)c1-c1ccc(NC(=O)[C@@H](NC(=O)c2ccnn2C(C)C)[C@H]2CC[C@H](C)CC2)nc1F. The topological polar surface area (TPSA) is 118 Å². The maximum Gasteiger partial charge on any atom is 0.270 e. The molecule has 1 fully saturated rings. The van der Waals surface area contributed by atoms with E-state index in [-0.39, 0.29) is 23.7 Å². The lowest BCUT2D eigenvalue weighted by molar-refractivity contribution is -0.119. The minimum absolute atomic E-state index is 0.00339. The molecule has 1 saturated carbocycles. The number of aromatic amines is 1. The van der Waals surface area contributed by atoms with Crippen molar-refractivity contribution in [3.05, 3.63) is 47.4 Å². The van der Waals surface area contributed by atoms with E-state index in [9.17, 15) is 9.59 Å². The largest absolute Gasteiger partial charge is 0.339 e. The predicted octanol–water partition coefficient (Wildman–Crippen LogP) is 4.82. The molecule has 4 rings (SSSR count). The number of pyridine rings is 1. The van der Waals surface area contributed by atoms with E-state index in [4.69, 9.17) is 0 Å². The Morgan fingerprint density at radius 1 is 1.19 bits per heavy atom. The van der Waals surface area contributed by atoms with Gasteiger partial charge in [-0.2, -0.15) is 14.6 Å². The van der Waals surface area contributed by atoms with Crippen LogP contribution in [0, 0.1) is 24.7 Å². The van der Waals surface area contributed by atoms with Crippen molar-refractivity contribution in [3.8, 4) is 11.1 Å². The zero-order valence-electron chi connectivity index (χ0n) is 22.1. The zero-order chi connectivity index (χ0) is 26.7. The number of carbonyl (C=O) groups excluding carboxylic acids is 2. The normalized spacial score (nSPS) is 18.6. The lowest BCUT2D eigenvalue weighted by Crippen LogP contribution is -2.49. The Bertz CT molecular complexity index is 1260. The standard InChI is InChI=1S/C27H36FN7O2/c1-6-20-23(17(5)33-34-20)19-11-12-22(30-25(19)28)31-27(37)24(18-9-7-16(4)8-10-18)32-26(36)21-13-14-29-35(21)15(2)3/h11-16,18,24H,6-10H2,1-5H3,(H,32,36)(H,33,34)(H,30,31,37)/t16-,18-,24-/m0/s1. The van der Waals surface area contributed by atoms with Crippen LogP contribution in [0.3, 0.4) is 0 Å². The van der Waals surface area contributed by atoms with Crippen LogP contribution in [0.4, 0.5) is 10.2 Å². The van der Waals surface area contributed by atoms with Gasteiger partial charge in [-0.05, 0) is 70.1 Å². The molecule has 3 aromatic heterocycles. The van der Waals surface area contributed by atoms with Crippen LogP contribution in [0.1, 0.15) is 81.3 Å². The van der Waals surface area contributed by atoms with Gasteiger partial charge in [-0.1, -0.05) is 26.7 Å². The van der Waals surface area contributed by atoms with Gasteiger partial charge in [0.15, 0.2) is 0 Å². The Kier molecular flexibility index (Phi) is 8.04. The van der Waals surface area contributed by atoms with Crippen LogP contribution in [-0.4, -0.2) is 42.8 Å². The highest BCUT2D eigenvalue weighted by atomic mass is 19.1. The van der Waals surface area contributed by atoms with Gasteiger partial charge in [-0.15, -0.1) is 0 Å². The summed E-state index contributed by atoms with van der Waals surface area (Å²) in [4.78, 5) is 30.7. The monoisotopic (exact) mass is 509 g/mol. The Labute approximate surface area is 216 Å². The Morgan fingerprint density at radius 2 is 1.92 bits per heavy atom. The minimum Gasteiger partial charge on any atom is -0.339 e. The molecule has 0 saturated heterocycles. The van der Waals surface area contributed by atoms with Crippen LogP contribution >= 0.6 is 0 Å². The molecule has 37 heavy (non-hydrogen) atoms. The van der Waals surface area contributed by atoms with Crippen molar-refractivity contribution >= 4 is 17.6 Å². The number of rotatable bonds is 8. The average Bonchev–Trinajstić information content (AvgIpc) is 3.50. The molecule has 10 heteroatoms. The number of halogens is 1. The van der Waals surface area contributed by atoms with Crippen molar-refractivity contribution in [1.82, 2.24) is 30.3 Å². The summed E-state index contributed by atoms with van der Waals surface area (Å²) in [7, 11) is 0. The van der Waals surface area contributed by atoms with Crippen LogP contribution in [0.15, 0.2) is 24.4 Å². The molecule has 2 amide bonds. The Morgan fingerprint density at radius 3 is 2.57 bits per heavy atom. The second-order valence-corrected chi connectivity index (χ2v) is 10.3. The van der Waals surface area contributed by atoms with Crippen LogP contribution in [0.5, 0.6) is 0 Å². The summed E-state index contributed by atoms with van der Waals surface area (Å²) in [5, 5.41) is 17.0. The summed E-state index contributed by atoms with van der Waals surface area (Å²) in [6, 6.07) is 4.05. The first-order chi connectivity index (χ1) is 17.7. The summed E-state index contributed by atoms with van der Waals surface area (Å²) in [5.41, 5.74) is 2.92. The number of aryl methyl sites for hydroxylation is 2. The van der Waals surface area contributed by atoms with Crippen LogP contribution in [-0.2, 0) is 11.2 Å². The molecule has 3 N–H and O–H groups in total. The minimum atomic E-state index is -0.775. The van der Waals surface area contributed by atoms with Crippen molar-refractivity contribution < 1.29 is 14.0 Å². The van der Waals surface area contributed by atoms with Crippen molar-refractivity contribution in [2.24, 2.45) is 11.8 Å². The third-order valence-corrected chi connectivity index (χ3v) is 7.24. The molecule has 0 unspecified atom stereocenters. The summed E-state index contributed by atoms with van der Waals surface area (Å²) in [6.45, 7) is 9.85. The van der Waals surface area contributed by atoms with Crippen molar-refractivity contribution in [3.63, 3.8) is 0 Å². The molecular weight excluding hydrogens is 473 g/mol. The molecule has 0 aromatic carbocycles. The van der Waals surface area contributed by atoms with Gasteiger partial charge in [0.1, 0.15) is 17.6 Å². The Hall–Kier alpha value is -3.56. The van der Waals surface area contributed by atoms with E-state index in [0.717, 1.165) is 31.4 Å². The molecule has 0 bridgehead atoms. The van der Waals surface area contributed by atoms with Crippen LogP contribution in [0.25, 0.3) is 11.1 Å². The number of amides is 2. The third kappa shape index (κ3) is 5.73. The molecule has 0 radical (unpaired) electrons. The van der Waals surface area contributed by atoms with E-state index in [1.807, 2.05) is 27.7 Å². The van der Waals surface area contributed by atoms with Gasteiger partial charge in [-0.3, -0.25) is 19.4 Å². The summed E-state index contributed by atoms with van der Waals surface area (Å²) in [5.74, 6) is -0.800. The molecule has 0 spiro atoms. The molecule has 1 aliphatic rings. The highest BCUT2D eigenvalue weighted by Crippen LogP contribution is 2.32.